The molecule has 0 unspecified atom stereocenters. The molecule has 0 aromatic carbocycles. The Morgan fingerprint density at radius 1 is 1.56 bits per heavy atom. The van der Waals surface area contributed by atoms with Gasteiger partial charge in [0.1, 0.15) is 5.82 Å². The van der Waals surface area contributed by atoms with Crippen molar-refractivity contribution in [1.29, 1.82) is 0 Å². The van der Waals surface area contributed by atoms with Crippen LogP contribution in [-0.2, 0) is 7.05 Å². The highest BCUT2D eigenvalue weighted by atomic mass is 35.5. The Kier molecular flexibility index (Phi) is 2.73. The minimum Gasteiger partial charge on any atom is -0.476 e. The third kappa shape index (κ3) is 1.72. The number of aryl methyl sites for hydroxylation is 1. The zero-order chi connectivity index (χ0) is 11.9. The topological polar surface area (TPSA) is 55.1 Å². The standard InChI is InChI=1S/C10H9ClN2O2S/c1-5-12-8(10(14)15)9(13(5)2)6-3-4-7(11)16-6/h3-4H,1-2H3,(H,14,15). The van der Waals surface area contributed by atoms with Gasteiger partial charge in [0, 0.05) is 7.05 Å². The van der Waals surface area contributed by atoms with Crippen LogP contribution < -0.4 is 0 Å². The maximum absolute atomic E-state index is 11.1. The number of nitrogens with zero attached hydrogens (tertiary/aromatic N) is 2. The third-order valence-electron chi connectivity index (χ3n) is 2.33. The van der Waals surface area contributed by atoms with Gasteiger partial charge < -0.3 is 9.67 Å². The van der Waals surface area contributed by atoms with Crippen LogP contribution >= 0.6 is 22.9 Å². The second-order valence-corrected chi connectivity index (χ2v) is 5.04. The second kappa shape index (κ2) is 3.92. The van der Waals surface area contributed by atoms with Crippen molar-refractivity contribution < 1.29 is 9.90 Å². The highest BCUT2D eigenvalue weighted by Crippen LogP contribution is 2.33. The average Bonchev–Trinajstić information content (AvgIpc) is 2.73. The average molecular weight is 257 g/mol. The van der Waals surface area contributed by atoms with Crippen molar-refractivity contribution in [2.45, 2.75) is 6.92 Å². The fourth-order valence-electron chi connectivity index (χ4n) is 1.48. The van der Waals surface area contributed by atoms with Crippen LogP contribution in [0.3, 0.4) is 0 Å². The van der Waals surface area contributed by atoms with Gasteiger partial charge in [-0.25, -0.2) is 9.78 Å². The van der Waals surface area contributed by atoms with E-state index in [4.69, 9.17) is 16.7 Å². The van der Waals surface area contributed by atoms with Gasteiger partial charge >= 0.3 is 5.97 Å². The molecule has 0 radical (unpaired) electrons. The number of halogens is 1. The van der Waals surface area contributed by atoms with Crippen molar-refractivity contribution in [1.82, 2.24) is 9.55 Å². The summed E-state index contributed by atoms with van der Waals surface area (Å²) in [5.41, 5.74) is 0.667. The van der Waals surface area contributed by atoms with E-state index in [9.17, 15) is 4.79 Å². The van der Waals surface area contributed by atoms with Crippen LogP contribution in [0.25, 0.3) is 10.6 Å². The molecule has 0 amide bonds. The first-order valence-corrected chi connectivity index (χ1v) is 5.72. The SMILES string of the molecule is Cc1nc(C(=O)O)c(-c2ccc(Cl)s2)n1C. The van der Waals surface area contributed by atoms with Crippen LogP contribution in [0.4, 0.5) is 0 Å². The third-order valence-corrected chi connectivity index (χ3v) is 3.57. The van der Waals surface area contributed by atoms with Crippen molar-refractivity contribution in [2.75, 3.05) is 0 Å². The van der Waals surface area contributed by atoms with Gasteiger partial charge in [-0.05, 0) is 19.1 Å². The van der Waals surface area contributed by atoms with Crippen molar-refractivity contribution in [3.05, 3.63) is 28.0 Å². The maximum Gasteiger partial charge on any atom is 0.356 e. The second-order valence-electron chi connectivity index (χ2n) is 3.32. The summed E-state index contributed by atoms with van der Waals surface area (Å²) in [6.45, 7) is 1.77. The normalized spacial score (nSPS) is 10.7. The van der Waals surface area contributed by atoms with Crippen LogP contribution in [0, 0.1) is 6.92 Å². The van der Waals surface area contributed by atoms with Gasteiger partial charge in [-0.2, -0.15) is 0 Å². The highest BCUT2D eigenvalue weighted by Gasteiger charge is 2.20. The molecule has 0 fully saturated rings. The number of rotatable bonds is 2. The van der Waals surface area contributed by atoms with Gasteiger partial charge in [0.05, 0.1) is 14.9 Å². The quantitative estimate of drug-likeness (QED) is 0.899. The number of carboxylic acids is 1. The number of imidazole rings is 1. The van der Waals surface area contributed by atoms with Crippen LogP contribution in [0.2, 0.25) is 4.34 Å². The molecule has 1 N–H and O–H groups in total. The molecule has 0 bridgehead atoms. The maximum atomic E-state index is 11.1. The minimum absolute atomic E-state index is 0.0681. The summed E-state index contributed by atoms with van der Waals surface area (Å²) in [6.07, 6.45) is 0. The monoisotopic (exact) mass is 256 g/mol. The Bertz CT molecular complexity index is 559. The molecule has 0 spiro atoms. The number of carbonyl (C=O) groups is 1. The van der Waals surface area contributed by atoms with Gasteiger partial charge in [-0.1, -0.05) is 11.6 Å². The predicted octanol–water partition coefficient (Wildman–Crippen LogP) is 2.81. The molecule has 4 nitrogen and oxygen atoms in total. The molecule has 0 aliphatic rings. The molecular formula is C10H9ClN2O2S. The zero-order valence-electron chi connectivity index (χ0n) is 8.69. The van der Waals surface area contributed by atoms with Crippen LogP contribution in [0.15, 0.2) is 12.1 Å². The van der Waals surface area contributed by atoms with Gasteiger partial charge in [-0.3, -0.25) is 0 Å². The van der Waals surface area contributed by atoms with Crippen molar-refractivity contribution >= 4 is 28.9 Å². The smallest absolute Gasteiger partial charge is 0.356 e. The minimum atomic E-state index is -1.02. The number of thiophene rings is 1. The summed E-state index contributed by atoms with van der Waals surface area (Å²) in [7, 11) is 1.79. The number of aromatic carboxylic acids is 1. The first-order chi connectivity index (χ1) is 7.50. The fraction of sp³-hybridized carbons (Fsp3) is 0.200. The van der Waals surface area contributed by atoms with Gasteiger partial charge in [-0.15, -0.1) is 11.3 Å². The number of hydrogen-bond acceptors (Lipinski definition) is 3. The van der Waals surface area contributed by atoms with Crippen molar-refractivity contribution in [2.24, 2.45) is 7.05 Å². The van der Waals surface area contributed by atoms with Gasteiger partial charge in [0.15, 0.2) is 5.69 Å². The molecule has 6 heteroatoms. The number of aromatic nitrogens is 2. The molecule has 16 heavy (non-hydrogen) atoms. The van der Waals surface area contributed by atoms with Gasteiger partial charge in [0.25, 0.3) is 0 Å². The Hall–Kier alpha value is -1.33. The molecule has 2 aromatic heterocycles. The lowest BCUT2D eigenvalue weighted by molar-refractivity contribution is 0.0692. The predicted molar refractivity (Wildman–Crippen MR) is 63.2 cm³/mol. The molecule has 0 aliphatic carbocycles. The largest absolute Gasteiger partial charge is 0.476 e. The summed E-state index contributed by atoms with van der Waals surface area (Å²) in [4.78, 5) is 15.9. The van der Waals surface area contributed by atoms with E-state index < -0.39 is 5.97 Å². The summed E-state index contributed by atoms with van der Waals surface area (Å²) >= 11 is 7.18. The van der Waals surface area contributed by atoms with E-state index in [-0.39, 0.29) is 5.69 Å². The Morgan fingerprint density at radius 2 is 2.25 bits per heavy atom. The van der Waals surface area contributed by atoms with Crippen LogP contribution in [0.1, 0.15) is 16.3 Å². The molecule has 0 saturated heterocycles. The molecule has 2 heterocycles. The number of hydrogen-bond donors (Lipinski definition) is 1. The highest BCUT2D eigenvalue weighted by molar-refractivity contribution is 7.19. The first-order valence-electron chi connectivity index (χ1n) is 4.53. The molecule has 0 atom stereocenters. The Balaban J connectivity index is 2.67. The van der Waals surface area contributed by atoms with Crippen LogP contribution in [-0.4, -0.2) is 20.6 Å². The first kappa shape index (κ1) is 11.2. The summed E-state index contributed by atoms with van der Waals surface area (Å²) < 4.78 is 2.39. The lowest BCUT2D eigenvalue weighted by Crippen LogP contribution is -2.00. The molecule has 2 aromatic rings. The molecule has 84 valence electrons. The van der Waals surface area contributed by atoms with E-state index in [1.165, 1.54) is 11.3 Å². The van der Waals surface area contributed by atoms with E-state index in [1.807, 2.05) is 0 Å². The van der Waals surface area contributed by atoms with E-state index in [2.05, 4.69) is 4.98 Å². The summed E-state index contributed by atoms with van der Waals surface area (Å²) in [5.74, 6) is -0.361. The lowest BCUT2D eigenvalue weighted by atomic mass is 10.3. The molecule has 0 aliphatic heterocycles. The molecule has 2 rings (SSSR count). The zero-order valence-corrected chi connectivity index (χ0v) is 10.3. The number of carboxylic acid groups (broad SMARTS) is 1. The molecular weight excluding hydrogens is 248 g/mol. The van der Waals surface area contributed by atoms with Gasteiger partial charge in [0.2, 0.25) is 0 Å². The Labute approximate surface area is 101 Å². The molecule has 0 saturated carbocycles. The van der Waals surface area contributed by atoms with E-state index in [0.717, 1.165) is 4.88 Å². The van der Waals surface area contributed by atoms with E-state index in [0.29, 0.717) is 15.9 Å². The van der Waals surface area contributed by atoms with Crippen molar-refractivity contribution in [3.63, 3.8) is 0 Å². The fourth-order valence-corrected chi connectivity index (χ4v) is 2.61. The lowest BCUT2D eigenvalue weighted by Gasteiger charge is -2.01. The summed E-state index contributed by atoms with van der Waals surface area (Å²) in [6, 6.07) is 3.55. The van der Waals surface area contributed by atoms with E-state index >= 15 is 0 Å². The summed E-state index contributed by atoms with van der Waals surface area (Å²) in [5, 5.41) is 9.07. The van der Waals surface area contributed by atoms with Crippen LogP contribution in [0.5, 0.6) is 0 Å². The van der Waals surface area contributed by atoms with Crippen molar-refractivity contribution in [3.8, 4) is 10.6 Å². The van der Waals surface area contributed by atoms with E-state index in [1.54, 1.807) is 30.7 Å². The Morgan fingerprint density at radius 3 is 2.75 bits per heavy atom.